The van der Waals surface area contributed by atoms with Gasteiger partial charge in [0.25, 0.3) is 0 Å². The quantitative estimate of drug-likeness (QED) is 0.367. The van der Waals surface area contributed by atoms with E-state index in [4.69, 9.17) is 11.6 Å². The first-order chi connectivity index (χ1) is 15.1. The van der Waals surface area contributed by atoms with Crippen molar-refractivity contribution in [2.45, 2.75) is 10.9 Å². The molecule has 0 saturated carbocycles. The van der Waals surface area contributed by atoms with E-state index < -0.39 is 0 Å². The number of benzene rings is 2. The first-order valence-electron chi connectivity index (χ1n) is 8.96. The molecule has 0 saturated heterocycles. The Hall–Kier alpha value is -3.02. The molecule has 158 valence electrons. The van der Waals surface area contributed by atoms with Gasteiger partial charge in [-0.2, -0.15) is 5.10 Å². The second-order valence-electron chi connectivity index (χ2n) is 6.19. The molecule has 8 nitrogen and oxygen atoms in total. The number of amides is 1. The fraction of sp³-hybridized carbons (Fsp3) is 0.105. The molecule has 0 spiro atoms. The average Bonchev–Trinajstić information content (AvgIpc) is 3.44. The molecule has 0 bridgehead atoms. The van der Waals surface area contributed by atoms with Crippen LogP contribution in [0.4, 0.5) is 15.2 Å². The fourth-order valence-electron chi connectivity index (χ4n) is 2.57. The monoisotopic (exact) mass is 475 g/mol. The molecule has 0 aliphatic heterocycles. The van der Waals surface area contributed by atoms with Gasteiger partial charge in [-0.05, 0) is 35.9 Å². The Labute approximate surface area is 189 Å². The molecule has 0 aliphatic rings. The zero-order chi connectivity index (χ0) is 21.6. The third-order valence-corrected chi connectivity index (χ3v) is 6.24. The number of carbonyl (C=O) groups excluding carboxylic acids is 1. The predicted molar refractivity (Wildman–Crippen MR) is 119 cm³/mol. The standard InChI is InChI=1S/C19H15ClFN7OS2/c20-13-3-6-16(28-11-22-10-24-28)15(7-13)25-17(29)9-30-19-27-26-18(31-19)23-8-12-1-4-14(21)5-2-12/h1-7,10-11H,8-9H2,(H,23,26)(H,25,29). The van der Waals surface area contributed by atoms with Crippen molar-refractivity contribution in [2.24, 2.45) is 0 Å². The molecular weight excluding hydrogens is 461 g/mol. The lowest BCUT2D eigenvalue weighted by Crippen LogP contribution is -2.16. The number of aromatic nitrogens is 5. The Morgan fingerprint density at radius 3 is 2.81 bits per heavy atom. The van der Waals surface area contributed by atoms with Gasteiger partial charge in [-0.3, -0.25) is 4.79 Å². The van der Waals surface area contributed by atoms with Gasteiger partial charge < -0.3 is 10.6 Å². The average molecular weight is 476 g/mol. The van der Waals surface area contributed by atoms with Gasteiger partial charge in [0, 0.05) is 11.6 Å². The molecule has 31 heavy (non-hydrogen) atoms. The van der Waals surface area contributed by atoms with Gasteiger partial charge in [0.05, 0.1) is 17.1 Å². The predicted octanol–water partition coefficient (Wildman–Crippen LogP) is 4.25. The Morgan fingerprint density at radius 2 is 2.03 bits per heavy atom. The van der Waals surface area contributed by atoms with Gasteiger partial charge in [0.15, 0.2) is 4.34 Å². The number of rotatable bonds is 8. The normalized spacial score (nSPS) is 10.8. The third-order valence-electron chi connectivity index (χ3n) is 3.99. The van der Waals surface area contributed by atoms with E-state index in [1.54, 1.807) is 35.0 Å². The van der Waals surface area contributed by atoms with Crippen LogP contribution in [-0.4, -0.2) is 36.6 Å². The van der Waals surface area contributed by atoms with Crippen LogP contribution in [0.15, 0.2) is 59.5 Å². The molecule has 12 heteroatoms. The van der Waals surface area contributed by atoms with E-state index in [1.807, 2.05) is 0 Å². The minimum Gasteiger partial charge on any atom is -0.356 e. The number of nitrogens with one attached hydrogen (secondary N) is 2. The first-order valence-corrected chi connectivity index (χ1v) is 11.1. The first kappa shape index (κ1) is 21.2. The third kappa shape index (κ3) is 5.78. The van der Waals surface area contributed by atoms with Crippen molar-refractivity contribution in [3.63, 3.8) is 0 Å². The summed E-state index contributed by atoms with van der Waals surface area (Å²) in [7, 11) is 0. The minimum absolute atomic E-state index is 0.149. The summed E-state index contributed by atoms with van der Waals surface area (Å²) < 4.78 is 15.2. The van der Waals surface area contributed by atoms with Crippen LogP contribution in [0.25, 0.3) is 5.69 Å². The summed E-state index contributed by atoms with van der Waals surface area (Å²) in [5.74, 6) is -0.344. The summed E-state index contributed by atoms with van der Waals surface area (Å²) in [6.07, 6.45) is 2.95. The highest BCUT2D eigenvalue weighted by molar-refractivity contribution is 8.01. The van der Waals surface area contributed by atoms with E-state index in [0.29, 0.717) is 32.4 Å². The summed E-state index contributed by atoms with van der Waals surface area (Å²) in [5, 5.41) is 19.3. The molecule has 0 unspecified atom stereocenters. The molecule has 2 heterocycles. The van der Waals surface area contributed by atoms with E-state index in [2.05, 4.69) is 30.9 Å². The number of halogens is 2. The highest BCUT2D eigenvalue weighted by atomic mass is 35.5. The van der Waals surface area contributed by atoms with E-state index in [1.165, 1.54) is 47.9 Å². The van der Waals surface area contributed by atoms with E-state index in [0.717, 1.165) is 5.56 Å². The molecule has 4 rings (SSSR count). The van der Waals surface area contributed by atoms with Gasteiger partial charge >= 0.3 is 0 Å². The molecule has 0 radical (unpaired) electrons. The zero-order valence-electron chi connectivity index (χ0n) is 15.8. The lowest BCUT2D eigenvalue weighted by molar-refractivity contribution is -0.113. The maximum absolute atomic E-state index is 13.0. The van der Waals surface area contributed by atoms with Gasteiger partial charge in [-0.1, -0.05) is 46.8 Å². The van der Waals surface area contributed by atoms with Crippen LogP contribution in [0.2, 0.25) is 5.02 Å². The van der Waals surface area contributed by atoms with Gasteiger partial charge in [-0.15, -0.1) is 10.2 Å². The van der Waals surface area contributed by atoms with Crippen molar-refractivity contribution in [1.82, 2.24) is 25.0 Å². The Morgan fingerprint density at radius 1 is 1.19 bits per heavy atom. The molecule has 1 amide bonds. The topological polar surface area (TPSA) is 97.6 Å². The molecule has 0 fully saturated rings. The van der Waals surface area contributed by atoms with Crippen molar-refractivity contribution in [3.8, 4) is 5.69 Å². The lowest BCUT2D eigenvalue weighted by Gasteiger charge is -2.11. The zero-order valence-corrected chi connectivity index (χ0v) is 18.2. The van der Waals surface area contributed by atoms with Gasteiger partial charge in [0.2, 0.25) is 11.0 Å². The number of anilines is 2. The second kappa shape index (κ2) is 9.86. The Kier molecular flexibility index (Phi) is 6.75. The van der Waals surface area contributed by atoms with Crippen molar-refractivity contribution in [2.75, 3.05) is 16.4 Å². The van der Waals surface area contributed by atoms with Crippen molar-refractivity contribution < 1.29 is 9.18 Å². The van der Waals surface area contributed by atoms with Crippen LogP contribution in [0.3, 0.4) is 0 Å². The van der Waals surface area contributed by atoms with Crippen LogP contribution < -0.4 is 10.6 Å². The number of thioether (sulfide) groups is 1. The number of hydrogen-bond acceptors (Lipinski definition) is 8. The summed E-state index contributed by atoms with van der Waals surface area (Å²) in [6, 6.07) is 11.3. The number of hydrogen-bond donors (Lipinski definition) is 2. The SMILES string of the molecule is O=C(CSc1nnc(NCc2ccc(F)cc2)s1)Nc1cc(Cl)ccc1-n1cncn1. The van der Waals surface area contributed by atoms with Crippen molar-refractivity contribution in [1.29, 1.82) is 0 Å². The molecular formula is C19H15ClFN7OS2. The fourth-order valence-corrected chi connectivity index (χ4v) is 4.29. The van der Waals surface area contributed by atoms with Gasteiger partial charge in [-0.25, -0.2) is 14.1 Å². The highest BCUT2D eigenvalue weighted by Gasteiger charge is 2.12. The lowest BCUT2D eigenvalue weighted by atomic mass is 10.2. The van der Waals surface area contributed by atoms with Crippen LogP contribution in [0, 0.1) is 5.82 Å². The second-order valence-corrected chi connectivity index (χ2v) is 8.83. The maximum Gasteiger partial charge on any atom is 0.234 e. The van der Waals surface area contributed by atoms with Gasteiger partial charge in [0.1, 0.15) is 18.5 Å². The molecule has 2 aromatic carbocycles. The smallest absolute Gasteiger partial charge is 0.234 e. The molecule has 0 atom stereocenters. The molecule has 2 N–H and O–H groups in total. The van der Waals surface area contributed by atoms with E-state index in [9.17, 15) is 9.18 Å². The van der Waals surface area contributed by atoms with Crippen LogP contribution in [0.1, 0.15) is 5.56 Å². The minimum atomic E-state index is -0.275. The largest absolute Gasteiger partial charge is 0.356 e. The number of nitrogens with zero attached hydrogens (tertiary/aromatic N) is 5. The molecule has 2 aromatic heterocycles. The molecule has 0 aliphatic carbocycles. The van der Waals surface area contributed by atoms with E-state index in [-0.39, 0.29) is 17.5 Å². The van der Waals surface area contributed by atoms with Crippen LogP contribution in [-0.2, 0) is 11.3 Å². The highest BCUT2D eigenvalue weighted by Crippen LogP contribution is 2.27. The summed E-state index contributed by atoms with van der Waals surface area (Å²) in [4.78, 5) is 16.4. The Balaban J connectivity index is 1.32. The Bertz CT molecular complexity index is 1170. The van der Waals surface area contributed by atoms with Crippen LogP contribution >= 0.6 is 34.7 Å². The van der Waals surface area contributed by atoms with Crippen LogP contribution in [0.5, 0.6) is 0 Å². The summed E-state index contributed by atoms with van der Waals surface area (Å²) in [6.45, 7) is 0.500. The summed E-state index contributed by atoms with van der Waals surface area (Å²) >= 11 is 8.69. The van der Waals surface area contributed by atoms with Crippen molar-refractivity contribution >= 4 is 51.4 Å². The van der Waals surface area contributed by atoms with E-state index >= 15 is 0 Å². The van der Waals surface area contributed by atoms with Crippen molar-refractivity contribution in [3.05, 3.63) is 71.5 Å². The summed E-state index contributed by atoms with van der Waals surface area (Å²) in [5.41, 5.74) is 2.11. The molecule has 4 aromatic rings. The maximum atomic E-state index is 13.0. The number of carbonyl (C=O) groups is 1.